The molecule has 5 rings (SSSR count). The topological polar surface area (TPSA) is 37.3 Å². The first kappa shape index (κ1) is 14.4. The Hall–Kier alpha value is -1.95. The van der Waals surface area contributed by atoms with Crippen molar-refractivity contribution in [2.45, 2.75) is 6.04 Å². The van der Waals surface area contributed by atoms with Gasteiger partial charge in [-0.15, -0.1) is 0 Å². The fourth-order valence-electron chi connectivity index (χ4n) is 3.26. The van der Waals surface area contributed by atoms with Gasteiger partial charge in [0.15, 0.2) is 0 Å². The molecule has 0 bridgehead atoms. The van der Waals surface area contributed by atoms with Gasteiger partial charge in [-0.3, -0.25) is 0 Å². The van der Waals surface area contributed by atoms with Crippen LogP contribution in [0, 0.1) is 0 Å². The monoisotopic (exact) mass is 393 g/mol. The van der Waals surface area contributed by atoms with Crippen LogP contribution in [0.15, 0.2) is 63.5 Å². The quantitative estimate of drug-likeness (QED) is 0.590. The highest BCUT2D eigenvalue weighted by Gasteiger charge is 2.29. The smallest absolute Gasteiger partial charge is 0.0808 e. The summed E-state index contributed by atoms with van der Waals surface area (Å²) in [5.74, 6) is 0. The lowest BCUT2D eigenvalue weighted by molar-refractivity contribution is 1.01. The molecular weight excluding hydrogens is 382 g/mol. The molecule has 5 heteroatoms. The maximum atomic E-state index is 4.95. The summed E-state index contributed by atoms with van der Waals surface area (Å²) in [5.41, 5.74) is 6.56. The largest absolute Gasteiger partial charge is 0.247 e. The van der Waals surface area contributed by atoms with Crippen LogP contribution >= 0.6 is 28.1 Å². The molecule has 1 N–H and O–H groups in total. The Morgan fingerprint density at radius 1 is 1.04 bits per heavy atom. The molecule has 0 amide bonds. The number of aromatic nitrogens is 1. The Morgan fingerprint density at radius 3 is 2.75 bits per heavy atom. The second-order valence-electron chi connectivity index (χ2n) is 5.80. The number of hydrogen-bond donors (Lipinski definition) is 1. The zero-order chi connectivity index (χ0) is 16.1. The molecule has 0 spiro atoms. The standard InChI is InChI=1S/C19H12BrN3S/c20-12-7-5-11(6-8-12)18-14-9-10-16-19(23-24-22-16)17(14)13-3-1-2-4-15(13)21-18/h1-10,16,22H. The molecule has 1 aromatic heterocycles. The van der Waals surface area contributed by atoms with E-state index in [2.05, 4.69) is 79.7 Å². The van der Waals surface area contributed by atoms with E-state index in [1.807, 2.05) is 6.07 Å². The summed E-state index contributed by atoms with van der Waals surface area (Å²) in [4.78, 5) is 4.95. The van der Waals surface area contributed by atoms with E-state index in [1.54, 1.807) is 0 Å². The second kappa shape index (κ2) is 5.55. The van der Waals surface area contributed by atoms with Crippen LogP contribution in [0.3, 0.4) is 0 Å². The number of halogens is 1. The summed E-state index contributed by atoms with van der Waals surface area (Å²) >= 11 is 4.92. The number of para-hydroxylation sites is 1. The molecule has 0 saturated carbocycles. The van der Waals surface area contributed by atoms with Gasteiger partial charge in [-0.25, -0.2) is 14.1 Å². The maximum absolute atomic E-state index is 4.95. The van der Waals surface area contributed by atoms with E-state index >= 15 is 0 Å². The number of fused-ring (bicyclic) bond motifs is 5. The molecule has 3 nitrogen and oxygen atoms in total. The number of pyridine rings is 1. The predicted molar refractivity (Wildman–Crippen MR) is 105 cm³/mol. The zero-order valence-electron chi connectivity index (χ0n) is 12.5. The van der Waals surface area contributed by atoms with E-state index in [9.17, 15) is 0 Å². The van der Waals surface area contributed by atoms with E-state index in [1.165, 1.54) is 17.7 Å². The number of rotatable bonds is 1. The molecule has 0 fully saturated rings. The first-order valence-electron chi connectivity index (χ1n) is 7.68. The molecule has 0 saturated heterocycles. The molecule has 2 aliphatic rings. The molecule has 2 aromatic carbocycles. The van der Waals surface area contributed by atoms with Gasteiger partial charge in [-0.05, 0) is 18.2 Å². The lowest BCUT2D eigenvalue weighted by atomic mass is 9.87. The van der Waals surface area contributed by atoms with Gasteiger partial charge in [0.2, 0.25) is 0 Å². The lowest BCUT2D eigenvalue weighted by Gasteiger charge is -2.21. The van der Waals surface area contributed by atoms with E-state index in [0.717, 1.165) is 37.9 Å². The van der Waals surface area contributed by atoms with Crippen molar-refractivity contribution in [1.82, 2.24) is 9.71 Å². The van der Waals surface area contributed by atoms with Gasteiger partial charge in [0.05, 0.1) is 35.1 Å². The highest BCUT2D eigenvalue weighted by Crippen LogP contribution is 2.37. The van der Waals surface area contributed by atoms with Crippen LogP contribution in [0.4, 0.5) is 0 Å². The number of nitrogens with zero attached hydrogens (tertiary/aromatic N) is 2. The summed E-state index contributed by atoms with van der Waals surface area (Å²) in [6.07, 6.45) is 4.34. The van der Waals surface area contributed by atoms with E-state index in [0.29, 0.717) is 0 Å². The lowest BCUT2D eigenvalue weighted by Crippen LogP contribution is -2.29. The van der Waals surface area contributed by atoms with Crippen LogP contribution in [0.1, 0.15) is 11.1 Å². The van der Waals surface area contributed by atoms with Crippen molar-refractivity contribution in [2.75, 3.05) is 0 Å². The average molecular weight is 394 g/mol. The third kappa shape index (κ3) is 2.16. The van der Waals surface area contributed by atoms with Gasteiger partial charge in [-0.1, -0.05) is 58.4 Å². The SMILES string of the molecule is Brc1ccc(-c2nc3ccccc3c3c2C=CC2NSN=C32)cc1. The van der Waals surface area contributed by atoms with Crippen LogP contribution < -0.4 is 4.72 Å². The minimum Gasteiger partial charge on any atom is -0.247 e. The Labute approximate surface area is 152 Å². The Balaban J connectivity index is 1.87. The van der Waals surface area contributed by atoms with Crippen LogP contribution in [-0.2, 0) is 0 Å². The third-order valence-electron chi connectivity index (χ3n) is 4.38. The van der Waals surface area contributed by atoms with Gasteiger partial charge in [0.25, 0.3) is 0 Å². The highest BCUT2D eigenvalue weighted by atomic mass is 79.9. The first-order valence-corrected chi connectivity index (χ1v) is 9.24. The molecule has 3 aromatic rings. The van der Waals surface area contributed by atoms with E-state index in [-0.39, 0.29) is 6.04 Å². The van der Waals surface area contributed by atoms with Gasteiger partial charge >= 0.3 is 0 Å². The third-order valence-corrected chi connectivity index (χ3v) is 5.55. The summed E-state index contributed by atoms with van der Waals surface area (Å²) in [5, 5.41) is 1.16. The summed E-state index contributed by atoms with van der Waals surface area (Å²) in [6.45, 7) is 0. The number of hydrogen-bond acceptors (Lipinski definition) is 4. The van der Waals surface area contributed by atoms with Crippen LogP contribution in [-0.4, -0.2) is 16.7 Å². The van der Waals surface area contributed by atoms with Gasteiger partial charge in [0, 0.05) is 26.5 Å². The van der Waals surface area contributed by atoms with E-state index < -0.39 is 0 Å². The summed E-state index contributed by atoms with van der Waals surface area (Å²) in [6, 6.07) is 16.8. The van der Waals surface area contributed by atoms with Crippen molar-refractivity contribution >= 4 is 50.8 Å². The van der Waals surface area contributed by atoms with Gasteiger partial charge in [-0.2, -0.15) is 0 Å². The Kier molecular flexibility index (Phi) is 3.33. The molecule has 24 heavy (non-hydrogen) atoms. The predicted octanol–water partition coefficient (Wildman–Crippen LogP) is 5.02. The van der Waals surface area contributed by atoms with Crippen molar-refractivity contribution in [3.8, 4) is 11.3 Å². The summed E-state index contributed by atoms with van der Waals surface area (Å²) in [7, 11) is 0. The molecule has 2 heterocycles. The van der Waals surface area contributed by atoms with Crippen LogP contribution in [0.2, 0.25) is 0 Å². The molecule has 1 unspecified atom stereocenters. The number of benzene rings is 2. The minimum absolute atomic E-state index is 0.172. The fourth-order valence-corrected chi connectivity index (χ4v) is 4.19. The van der Waals surface area contributed by atoms with Gasteiger partial charge < -0.3 is 0 Å². The molecule has 1 atom stereocenters. The Morgan fingerprint density at radius 2 is 1.88 bits per heavy atom. The second-order valence-corrected chi connectivity index (χ2v) is 7.31. The van der Waals surface area contributed by atoms with Crippen LogP contribution in [0.5, 0.6) is 0 Å². The minimum atomic E-state index is 0.172. The molecule has 1 aliphatic heterocycles. The highest BCUT2D eigenvalue weighted by molar-refractivity contribution is 9.10. The van der Waals surface area contributed by atoms with Gasteiger partial charge in [0.1, 0.15) is 0 Å². The molecule has 1 aliphatic carbocycles. The average Bonchev–Trinajstić information content (AvgIpc) is 3.10. The fraction of sp³-hybridized carbons (Fsp3) is 0.0526. The normalized spacial score (nSPS) is 18.4. The summed E-state index contributed by atoms with van der Waals surface area (Å²) < 4.78 is 9.03. The zero-order valence-corrected chi connectivity index (χ0v) is 14.9. The number of nitrogens with one attached hydrogen (secondary N) is 1. The van der Waals surface area contributed by atoms with Crippen LogP contribution in [0.25, 0.3) is 28.2 Å². The molecule has 116 valence electrons. The maximum Gasteiger partial charge on any atom is 0.0808 e. The molecule has 0 radical (unpaired) electrons. The van der Waals surface area contributed by atoms with Crippen molar-refractivity contribution in [2.24, 2.45) is 4.40 Å². The van der Waals surface area contributed by atoms with E-state index in [4.69, 9.17) is 4.98 Å². The van der Waals surface area contributed by atoms with Crippen molar-refractivity contribution in [3.05, 3.63) is 70.2 Å². The van der Waals surface area contributed by atoms with Crippen molar-refractivity contribution in [3.63, 3.8) is 0 Å². The first-order chi connectivity index (χ1) is 11.8. The van der Waals surface area contributed by atoms with Crippen molar-refractivity contribution in [1.29, 1.82) is 0 Å². The molecular formula is C19H12BrN3S. The Bertz CT molecular complexity index is 1020. The van der Waals surface area contributed by atoms with Crippen molar-refractivity contribution < 1.29 is 0 Å².